The van der Waals surface area contributed by atoms with Crippen molar-refractivity contribution in [1.82, 2.24) is 0 Å². The number of esters is 1. The Morgan fingerprint density at radius 1 is 1.15 bits per heavy atom. The number of allylic oxidation sites excluding steroid dienone is 2. The highest BCUT2D eigenvalue weighted by atomic mass is 127. The van der Waals surface area contributed by atoms with E-state index in [1.54, 1.807) is 12.5 Å². The van der Waals surface area contributed by atoms with Gasteiger partial charge in [0.1, 0.15) is 11.7 Å². The van der Waals surface area contributed by atoms with Crippen LogP contribution in [0.1, 0.15) is 83.0 Å². The zero-order chi connectivity index (χ0) is 24.5. The van der Waals surface area contributed by atoms with Gasteiger partial charge in [0.15, 0.2) is 5.78 Å². The van der Waals surface area contributed by atoms with Crippen molar-refractivity contribution in [3.63, 3.8) is 0 Å². The summed E-state index contributed by atoms with van der Waals surface area (Å²) in [6, 6.07) is 7.60. The van der Waals surface area contributed by atoms with Crippen LogP contribution in [-0.2, 0) is 9.53 Å². The maximum atomic E-state index is 12.8. The number of hydrogen-bond donors (Lipinski definition) is 1. The standard InChI is InChI=1S/C29H37IO4/c1-17-14-25-23-9-8-20-16-22(34-26(32)19-6-5-7-21(30)15-19)10-12-27(20,3)24(23)11-13-28(25,4)29(17,33)18(2)31/h5-7,11,15,17,20,22-23,25,33H,8-10,12-14,16H2,1-4H3/t17-,20-,22-,23-,25-,27+,28+,29-/m1/s1. The van der Waals surface area contributed by atoms with Crippen molar-refractivity contribution in [2.24, 2.45) is 34.5 Å². The normalized spacial score (nSPS) is 43.2. The molecule has 0 saturated heterocycles. The van der Waals surface area contributed by atoms with Gasteiger partial charge in [0, 0.05) is 8.99 Å². The van der Waals surface area contributed by atoms with Crippen molar-refractivity contribution in [2.75, 3.05) is 0 Å². The van der Waals surface area contributed by atoms with Crippen LogP contribution in [0.5, 0.6) is 0 Å². The van der Waals surface area contributed by atoms with Crippen LogP contribution in [0, 0.1) is 38.1 Å². The van der Waals surface area contributed by atoms with E-state index in [0.29, 0.717) is 23.3 Å². The highest BCUT2D eigenvalue weighted by Crippen LogP contribution is 2.67. The molecule has 1 aromatic rings. The molecule has 1 aromatic carbocycles. The van der Waals surface area contributed by atoms with Crippen LogP contribution in [0.15, 0.2) is 35.9 Å². The molecule has 0 bridgehead atoms. The van der Waals surface area contributed by atoms with Crippen molar-refractivity contribution in [1.29, 1.82) is 0 Å². The Hall–Kier alpha value is -1.21. The molecule has 0 radical (unpaired) electrons. The first-order chi connectivity index (χ1) is 16.0. The molecule has 0 spiro atoms. The zero-order valence-electron chi connectivity index (χ0n) is 20.8. The molecule has 0 amide bonds. The Morgan fingerprint density at radius 2 is 1.91 bits per heavy atom. The molecule has 5 rings (SSSR count). The lowest BCUT2D eigenvalue weighted by Crippen LogP contribution is -2.56. The van der Waals surface area contributed by atoms with E-state index < -0.39 is 5.60 Å². The van der Waals surface area contributed by atoms with Crippen molar-refractivity contribution in [3.05, 3.63) is 45.0 Å². The SMILES string of the molecule is CC(=O)[C@]1(O)[C@H](C)C[C@@H]2[C@@H]3CC[C@@H]4C[C@H](OC(=O)c5cccc(I)c5)CC[C@]4(C)C3=CC[C@@]21C. The zero-order valence-corrected chi connectivity index (χ0v) is 22.9. The molecule has 0 heterocycles. The lowest BCUT2D eigenvalue weighted by Gasteiger charge is -2.57. The predicted octanol–water partition coefficient (Wildman–Crippen LogP) is 6.35. The summed E-state index contributed by atoms with van der Waals surface area (Å²) in [5.74, 6) is 1.02. The van der Waals surface area contributed by atoms with Crippen LogP contribution in [0.4, 0.5) is 0 Å². The number of carbonyl (C=O) groups excluding carboxylic acids is 2. The van der Waals surface area contributed by atoms with Crippen molar-refractivity contribution < 1.29 is 19.4 Å². The summed E-state index contributed by atoms with van der Waals surface area (Å²) in [6.45, 7) is 8.21. The topological polar surface area (TPSA) is 63.6 Å². The molecule has 184 valence electrons. The highest BCUT2D eigenvalue weighted by Gasteiger charge is 2.66. The molecule has 4 aliphatic carbocycles. The lowest BCUT2D eigenvalue weighted by atomic mass is 9.48. The molecule has 34 heavy (non-hydrogen) atoms. The van der Waals surface area contributed by atoms with Crippen LogP contribution in [0.25, 0.3) is 0 Å². The second-order valence-corrected chi connectivity index (χ2v) is 13.2. The minimum Gasteiger partial charge on any atom is -0.459 e. The Balaban J connectivity index is 1.35. The Labute approximate surface area is 217 Å². The number of ether oxygens (including phenoxy) is 1. The van der Waals surface area contributed by atoms with Crippen molar-refractivity contribution >= 4 is 34.3 Å². The van der Waals surface area contributed by atoms with E-state index in [0.717, 1.165) is 48.5 Å². The largest absolute Gasteiger partial charge is 0.459 e. The highest BCUT2D eigenvalue weighted by molar-refractivity contribution is 14.1. The Bertz CT molecular complexity index is 1050. The van der Waals surface area contributed by atoms with Crippen molar-refractivity contribution in [3.8, 4) is 0 Å². The summed E-state index contributed by atoms with van der Waals surface area (Å²) in [5, 5.41) is 11.6. The van der Waals surface area contributed by atoms with Gasteiger partial charge in [0.2, 0.25) is 0 Å². The molecule has 0 aromatic heterocycles. The van der Waals surface area contributed by atoms with Gasteiger partial charge in [-0.3, -0.25) is 4.79 Å². The summed E-state index contributed by atoms with van der Waals surface area (Å²) in [6.07, 6.45) is 9.14. The monoisotopic (exact) mass is 576 g/mol. The summed E-state index contributed by atoms with van der Waals surface area (Å²) in [4.78, 5) is 25.4. The molecule has 0 aliphatic heterocycles. The number of fused-ring (bicyclic) bond motifs is 5. The van der Waals surface area contributed by atoms with Gasteiger partial charge in [-0.25, -0.2) is 4.79 Å². The summed E-state index contributed by atoms with van der Waals surface area (Å²) >= 11 is 2.22. The molecule has 4 nitrogen and oxygen atoms in total. The van der Waals surface area contributed by atoms with Gasteiger partial charge in [-0.05, 0) is 122 Å². The minimum absolute atomic E-state index is 0.00512. The fraction of sp³-hybridized carbons (Fsp3) is 0.655. The maximum Gasteiger partial charge on any atom is 0.338 e. The van der Waals surface area contributed by atoms with Gasteiger partial charge in [-0.2, -0.15) is 0 Å². The smallest absolute Gasteiger partial charge is 0.338 e. The second-order valence-electron chi connectivity index (χ2n) is 12.0. The van der Waals surface area contributed by atoms with E-state index in [1.165, 1.54) is 0 Å². The third-order valence-corrected chi connectivity index (χ3v) is 11.1. The third-order valence-electron chi connectivity index (χ3n) is 10.4. The number of ketones is 1. The van der Waals surface area contributed by atoms with Crippen LogP contribution in [0.3, 0.4) is 0 Å². The predicted molar refractivity (Wildman–Crippen MR) is 140 cm³/mol. The number of aliphatic hydroxyl groups is 1. The van der Waals surface area contributed by atoms with E-state index in [4.69, 9.17) is 4.74 Å². The summed E-state index contributed by atoms with van der Waals surface area (Å²) in [5.41, 5.74) is 0.712. The second kappa shape index (κ2) is 8.43. The van der Waals surface area contributed by atoms with E-state index in [1.807, 2.05) is 24.3 Å². The molecule has 0 unspecified atom stereocenters. The fourth-order valence-electron chi connectivity index (χ4n) is 8.52. The third kappa shape index (κ3) is 3.47. The van der Waals surface area contributed by atoms with E-state index >= 15 is 0 Å². The molecule has 4 aliphatic rings. The number of carbonyl (C=O) groups is 2. The Kier molecular flexibility index (Phi) is 6.07. The molecule has 8 atom stereocenters. The van der Waals surface area contributed by atoms with Gasteiger partial charge in [-0.1, -0.05) is 38.5 Å². The van der Waals surface area contributed by atoms with Crippen LogP contribution >= 0.6 is 22.6 Å². The number of rotatable bonds is 3. The van der Waals surface area contributed by atoms with Gasteiger partial charge in [0.05, 0.1) is 5.56 Å². The first kappa shape index (κ1) is 24.5. The van der Waals surface area contributed by atoms with Crippen LogP contribution in [0.2, 0.25) is 0 Å². The van der Waals surface area contributed by atoms with Gasteiger partial charge < -0.3 is 9.84 Å². The summed E-state index contributed by atoms with van der Waals surface area (Å²) < 4.78 is 7.02. The maximum absolute atomic E-state index is 12.8. The molecular weight excluding hydrogens is 539 g/mol. The number of benzene rings is 1. The molecule has 1 N–H and O–H groups in total. The average molecular weight is 577 g/mol. The van der Waals surface area contributed by atoms with E-state index in [-0.39, 0.29) is 34.6 Å². The molecule has 3 fully saturated rings. The fourth-order valence-corrected chi connectivity index (χ4v) is 9.07. The average Bonchev–Trinajstić information content (AvgIpc) is 3.01. The van der Waals surface area contributed by atoms with E-state index in [2.05, 4.69) is 49.4 Å². The summed E-state index contributed by atoms with van der Waals surface area (Å²) in [7, 11) is 0. The van der Waals surface area contributed by atoms with Crippen molar-refractivity contribution in [2.45, 2.75) is 84.3 Å². The van der Waals surface area contributed by atoms with Crippen LogP contribution in [-0.4, -0.2) is 28.6 Å². The quantitative estimate of drug-likeness (QED) is 0.259. The minimum atomic E-state index is -1.22. The number of Topliss-reactive ketones (excluding diaryl/α,β-unsaturated/α-hetero) is 1. The van der Waals surface area contributed by atoms with Gasteiger partial charge in [0.25, 0.3) is 0 Å². The van der Waals surface area contributed by atoms with E-state index in [9.17, 15) is 14.7 Å². The first-order valence-corrected chi connectivity index (χ1v) is 14.0. The van der Waals surface area contributed by atoms with Gasteiger partial charge in [-0.15, -0.1) is 0 Å². The first-order valence-electron chi connectivity index (χ1n) is 12.9. The number of halogens is 1. The Morgan fingerprint density at radius 3 is 2.62 bits per heavy atom. The molecular formula is C29H37IO4. The van der Waals surface area contributed by atoms with Crippen LogP contribution < -0.4 is 0 Å². The molecule has 5 heteroatoms. The molecule has 3 saturated carbocycles. The number of hydrogen-bond acceptors (Lipinski definition) is 4. The van der Waals surface area contributed by atoms with Gasteiger partial charge >= 0.3 is 5.97 Å². The lowest BCUT2D eigenvalue weighted by molar-refractivity contribution is -0.156.